The molecule has 40 heavy (non-hydrogen) atoms. The molecule has 6 rings (SSSR count). The fourth-order valence-corrected chi connectivity index (χ4v) is 6.02. The molecule has 4 heteroatoms. The van der Waals surface area contributed by atoms with Crippen LogP contribution in [0.1, 0.15) is 43.7 Å². The number of likely N-dealkylation sites (tertiary alicyclic amines) is 1. The Labute approximate surface area is 237 Å². The number of aliphatic hydroxyl groups is 1. The number of piperidine rings is 1. The summed E-state index contributed by atoms with van der Waals surface area (Å²) in [5.74, 6) is 0.926. The minimum atomic E-state index is 0.0838. The van der Waals surface area contributed by atoms with Gasteiger partial charge in [0.25, 0.3) is 0 Å². The second kappa shape index (κ2) is 11.5. The molecule has 5 aromatic rings. The SMILES string of the molecule is CC(C)C(O)=[NH+]c1cccc(C2CCN(Cc3c(-c4ccccc4)n(-c4ccccc4)c4ccccc34)CC2)c1. The lowest BCUT2D eigenvalue weighted by Gasteiger charge is -2.32. The van der Waals surface area contributed by atoms with E-state index >= 15 is 0 Å². The predicted octanol–water partition coefficient (Wildman–Crippen LogP) is 7.00. The maximum atomic E-state index is 10.2. The van der Waals surface area contributed by atoms with Crippen LogP contribution in [0, 0.1) is 5.92 Å². The van der Waals surface area contributed by atoms with E-state index in [9.17, 15) is 5.11 Å². The molecule has 0 atom stereocenters. The van der Waals surface area contributed by atoms with Crippen LogP contribution in [0.25, 0.3) is 27.8 Å². The molecule has 0 unspecified atom stereocenters. The van der Waals surface area contributed by atoms with Crippen molar-refractivity contribution in [3.05, 3.63) is 120 Å². The predicted molar refractivity (Wildman–Crippen MR) is 166 cm³/mol. The summed E-state index contributed by atoms with van der Waals surface area (Å²) in [4.78, 5) is 5.80. The van der Waals surface area contributed by atoms with E-state index in [0.29, 0.717) is 11.8 Å². The average molecular weight is 529 g/mol. The maximum Gasteiger partial charge on any atom is 0.340 e. The number of hydrogen-bond acceptors (Lipinski definition) is 1. The molecular weight excluding hydrogens is 490 g/mol. The summed E-state index contributed by atoms with van der Waals surface area (Å²) < 4.78 is 2.44. The highest BCUT2D eigenvalue weighted by Crippen LogP contribution is 2.38. The largest absolute Gasteiger partial charge is 0.463 e. The number of para-hydroxylation sites is 2. The number of nitrogens with zero attached hydrogens (tertiary/aromatic N) is 2. The average Bonchev–Trinajstić information content (AvgIpc) is 3.32. The third-order valence-corrected chi connectivity index (χ3v) is 8.19. The Kier molecular flexibility index (Phi) is 7.52. The van der Waals surface area contributed by atoms with E-state index in [0.717, 1.165) is 38.2 Å². The monoisotopic (exact) mass is 528 g/mol. The first-order chi connectivity index (χ1) is 19.6. The lowest BCUT2D eigenvalue weighted by molar-refractivity contribution is -0.369. The molecule has 0 radical (unpaired) electrons. The summed E-state index contributed by atoms with van der Waals surface area (Å²) in [6.45, 7) is 7.02. The van der Waals surface area contributed by atoms with Crippen LogP contribution in [0.15, 0.2) is 109 Å². The Balaban J connectivity index is 1.30. The fourth-order valence-electron chi connectivity index (χ4n) is 6.02. The van der Waals surface area contributed by atoms with Gasteiger partial charge in [0, 0.05) is 35.3 Å². The summed E-state index contributed by atoms with van der Waals surface area (Å²) in [5, 5.41) is 11.5. The van der Waals surface area contributed by atoms with Gasteiger partial charge in [-0.3, -0.25) is 4.90 Å². The fraction of sp³-hybridized carbons (Fsp3) is 0.250. The summed E-state index contributed by atoms with van der Waals surface area (Å²) in [5.41, 5.74) is 8.70. The number of rotatable bonds is 7. The van der Waals surface area contributed by atoms with Crippen LogP contribution in [0.2, 0.25) is 0 Å². The molecule has 0 amide bonds. The van der Waals surface area contributed by atoms with Gasteiger partial charge in [-0.05, 0) is 75.0 Å². The third kappa shape index (κ3) is 5.32. The lowest BCUT2D eigenvalue weighted by atomic mass is 9.89. The van der Waals surface area contributed by atoms with Gasteiger partial charge in [0.1, 0.15) is 0 Å². The molecule has 0 aliphatic carbocycles. The minimum Gasteiger partial charge on any atom is -0.463 e. The smallest absolute Gasteiger partial charge is 0.340 e. The van der Waals surface area contributed by atoms with Crippen molar-refractivity contribution in [2.45, 2.75) is 39.2 Å². The zero-order valence-corrected chi connectivity index (χ0v) is 23.4. The van der Waals surface area contributed by atoms with E-state index in [1.54, 1.807) is 0 Å². The minimum absolute atomic E-state index is 0.0838. The van der Waals surface area contributed by atoms with Crippen molar-refractivity contribution in [2.75, 3.05) is 13.1 Å². The van der Waals surface area contributed by atoms with Gasteiger partial charge in [0.2, 0.25) is 5.69 Å². The summed E-state index contributed by atoms with van der Waals surface area (Å²) >= 11 is 0. The van der Waals surface area contributed by atoms with E-state index in [-0.39, 0.29) is 5.92 Å². The van der Waals surface area contributed by atoms with Gasteiger partial charge in [0.15, 0.2) is 0 Å². The van der Waals surface area contributed by atoms with E-state index in [2.05, 4.69) is 118 Å². The number of hydrogen-bond donors (Lipinski definition) is 2. The van der Waals surface area contributed by atoms with Crippen LogP contribution in [-0.2, 0) is 6.54 Å². The Hall–Kier alpha value is -4.15. The number of aliphatic hydroxyl groups excluding tert-OH is 1. The Morgan fingerprint density at radius 2 is 1.50 bits per heavy atom. The molecule has 2 N–H and O–H groups in total. The first kappa shape index (κ1) is 26.1. The van der Waals surface area contributed by atoms with Crippen LogP contribution in [0.5, 0.6) is 0 Å². The van der Waals surface area contributed by atoms with Crippen LogP contribution in [-0.4, -0.2) is 33.6 Å². The quantitative estimate of drug-likeness (QED) is 0.176. The number of nitrogens with one attached hydrogen (secondary N) is 1. The zero-order chi connectivity index (χ0) is 27.5. The van der Waals surface area contributed by atoms with Crippen molar-refractivity contribution in [1.82, 2.24) is 9.47 Å². The lowest BCUT2D eigenvalue weighted by Crippen LogP contribution is -2.67. The molecule has 4 aromatic carbocycles. The molecule has 1 aliphatic rings. The number of fused-ring (bicyclic) bond motifs is 1. The first-order valence-corrected chi connectivity index (χ1v) is 14.5. The second-order valence-corrected chi connectivity index (χ2v) is 11.2. The number of aromatic nitrogens is 1. The molecule has 1 aliphatic heterocycles. The van der Waals surface area contributed by atoms with Crippen molar-refractivity contribution in [3.63, 3.8) is 0 Å². The molecule has 1 aromatic heterocycles. The van der Waals surface area contributed by atoms with Crippen LogP contribution in [0.4, 0.5) is 5.69 Å². The molecule has 1 fully saturated rings. The van der Waals surface area contributed by atoms with E-state index in [4.69, 9.17) is 0 Å². The van der Waals surface area contributed by atoms with Crippen molar-refractivity contribution < 1.29 is 10.1 Å². The zero-order valence-electron chi connectivity index (χ0n) is 23.4. The van der Waals surface area contributed by atoms with E-state index < -0.39 is 0 Å². The van der Waals surface area contributed by atoms with Crippen molar-refractivity contribution in [2.24, 2.45) is 5.92 Å². The van der Waals surface area contributed by atoms with Gasteiger partial charge >= 0.3 is 5.90 Å². The van der Waals surface area contributed by atoms with Crippen molar-refractivity contribution in [1.29, 1.82) is 0 Å². The molecule has 0 saturated carbocycles. The third-order valence-electron chi connectivity index (χ3n) is 8.19. The van der Waals surface area contributed by atoms with Crippen LogP contribution < -0.4 is 4.99 Å². The Morgan fingerprint density at radius 3 is 2.23 bits per heavy atom. The molecule has 0 bridgehead atoms. The van der Waals surface area contributed by atoms with Gasteiger partial charge in [0.05, 0.1) is 17.1 Å². The summed E-state index contributed by atoms with van der Waals surface area (Å²) in [7, 11) is 0. The molecule has 4 nitrogen and oxygen atoms in total. The number of benzene rings is 4. The summed E-state index contributed by atoms with van der Waals surface area (Å²) in [6.07, 6.45) is 2.25. The maximum absolute atomic E-state index is 10.2. The van der Waals surface area contributed by atoms with E-state index in [1.165, 1.54) is 39.0 Å². The molecule has 1 saturated heterocycles. The van der Waals surface area contributed by atoms with E-state index in [1.807, 2.05) is 19.9 Å². The van der Waals surface area contributed by atoms with Crippen molar-refractivity contribution >= 4 is 22.5 Å². The first-order valence-electron chi connectivity index (χ1n) is 14.5. The second-order valence-electron chi connectivity index (χ2n) is 11.2. The topological polar surface area (TPSA) is 42.4 Å². The van der Waals surface area contributed by atoms with Gasteiger partial charge in [-0.25, -0.2) is 0 Å². The normalized spacial score (nSPS) is 15.2. The van der Waals surface area contributed by atoms with Gasteiger partial charge < -0.3 is 9.67 Å². The van der Waals surface area contributed by atoms with Gasteiger partial charge in [-0.15, -0.1) is 0 Å². The highest BCUT2D eigenvalue weighted by atomic mass is 16.3. The summed E-state index contributed by atoms with van der Waals surface area (Å²) in [6, 6.07) is 39.0. The van der Waals surface area contributed by atoms with Gasteiger partial charge in [-0.1, -0.05) is 78.9 Å². The van der Waals surface area contributed by atoms with Crippen LogP contribution in [0.3, 0.4) is 0 Å². The standard InChI is InChI=1S/C36H37N3O/c1-26(2)36(40)37-30-15-11-14-29(24-30)27-20-22-38(23-21-27)25-33-32-18-9-10-19-34(32)39(31-16-7-4-8-17-31)35(33)28-12-5-3-6-13-28/h3-19,24,26-27H,20-23,25H2,1-2H3,(H,37,40)/p+1. The van der Waals surface area contributed by atoms with Crippen LogP contribution >= 0.6 is 0 Å². The molecule has 2 heterocycles. The van der Waals surface area contributed by atoms with Gasteiger partial charge in [-0.2, -0.15) is 4.99 Å². The highest BCUT2D eigenvalue weighted by Gasteiger charge is 2.25. The highest BCUT2D eigenvalue weighted by molar-refractivity contribution is 5.93. The Bertz CT molecular complexity index is 1610. The molecular formula is C36H38N3O+. The molecule has 0 spiro atoms. The Morgan fingerprint density at radius 1 is 0.825 bits per heavy atom. The molecule has 202 valence electrons. The van der Waals surface area contributed by atoms with Crippen molar-refractivity contribution in [3.8, 4) is 16.9 Å².